The van der Waals surface area contributed by atoms with Crippen LogP contribution in [0.15, 0.2) is 42.5 Å². The quantitative estimate of drug-likeness (QED) is 0.650. The summed E-state index contributed by atoms with van der Waals surface area (Å²) in [5.74, 6) is -0.186. The summed E-state index contributed by atoms with van der Waals surface area (Å²) in [4.78, 5) is 27.4. The van der Waals surface area contributed by atoms with Crippen LogP contribution >= 0.6 is 11.6 Å². The van der Waals surface area contributed by atoms with E-state index in [4.69, 9.17) is 16.3 Å². The number of nitrogens with zero attached hydrogens (tertiary/aromatic N) is 1. The van der Waals surface area contributed by atoms with E-state index in [0.29, 0.717) is 44.0 Å². The van der Waals surface area contributed by atoms with Crippen molar-refractivity contribution in [2.75, 3.05) is 25.0 Å². The number of carbonyl (C=O) groups is 2. The van der Waals surface area contributed by atoms with Crippen LogP contribution in [-0.2, 0) is 16.0 Å². The highest BCUT2D eigenvalue weighted by atomic mass is 35.5. The average molecular weight is 429 g/mol. The van der Waals surface area contributed by atoms with Gasteiger partial charge in [0.1, 0.15) is 0 Å². The van der Waals surface area contributed by atoms with Crippen molar-refractivity contribution in [1.82, 2.24) is 4.90 Å². The number of halogens is 1. The number of piperidine rings is 1. The molecule has 0 atom stereocenters. The minimum absolute atomic E-state index is 0.133. The highest BCUT2D eigenvalue weighted by molar-refractivity contribution is 6.30. The molecule has 3 rings (SSSR count). The molecule has 1 saturated heterocycles. The molecule has 1 N–H and O–H groups in total. The van der Waals surface area contributed by atoms with Crippen molar-refractivity contribution in [3.8, 4) is 0 Å². The van der Waals surface area contributed by atoms with Crippen LogP contribution in [0.3, 0.4) is 0 Å². The number of amides is 2. The molecule has 1 aliphatic rings. The fraction of sp³-hybridized carbons (Fsp3) is 0.417. The van der Waals surface area contributed by atoms with Crippen molar-refractivity contribution in [2.45, 2.75) is 40.0 Å². The summed E-state index contributed by atoms with van der Waals surface area (Å²) in [6.07, 6.45) is 1.71. The van der Waals surface area contributed by atoms with Crippen LogP contribution in [0.5, 0.6) is 0 Å². The number of esters is 1. The molecule has 0 aliphatic carbocycles. The summed E-state index contributed by atoms with van der Waals surface area (Å²) < 4.78 is 5.41. The lowest BCUT2D eigenvalue weighted by molar-refractivity contribution is -0.158. The van der Waals surface area contributed by atoms with Gasteiger partial charge in [-0.05, 0) is 69.4 Å². The Kier molecular flexibility index (Phi) is 7.03. The fourth-order valence-corrected chi connectivity index (χ4v) is 4.14. The molecule has 0 radical (unpaired) electrons. The van der Waals surface area contributed by atoms with Crippen LogP contribution in [0.2, 0.25) is 5.02 Å². The minimum Gasteiger partial charge on any atom is -0.466 e. The zero-order valence-electron chi connectivity index (χ0n) is 17.8. The van der Waals surface area contributed by atoms with E-state index in [-0.39, 0.29) is 12.0 Å². The summed E-state index contributed by atoms with van der Waals surface area (Å²) in [5, 5.41) is 3.67. The van der Waals surface area contributed by atoms with Crippen LogP contribution < -0.4 is 5.32 Å². The summed E-state index contributed by atoms with van der Waals surface area (Å²) in [5.41, 5.74) is 3.42. The third kappa shape index (κ3) is 5.14. The molecule has 2 aromatic rings. The molecule has 0 bridgehead atoms. The zero-order valence-corrected chi connectivity index (χ0v) is 18.6. The van der Waals surface area contributed by atoms with Crippen molar-refractivity contribution in [3.05, 3.63) is 64.2 Å². The predicted octanol–water partition coefficient (Wildman–Crippen LogP) is 5.38. The third-order valence-corrected chi connectivity index (χ3v) is 6.05. The highest BCUT2D eigenvalue weighted by Gasteiger charge is 2.43. The SMILES string of the molecule is CCOC(=O)C1(Cc2ccc(Cl)cc2)CCN(C(=O)Nc2ccc(C)cc2C)CC1. The smallest absolute Gasteiger partial charge is 0.321 e. The Balaban J connectivity index is 1.69. The number of hydrogen-bond acceptors (Lipinski definition) is 3. The lowest BCUT2D eigenvalue weighted by Gasteiger charge is -2.40. The van der Waals surface area contributed by atoms with Crippen molar-refractivity contribution >= 4 is 29.3 Å². The first-order valence-corrected chi connectivity index (χ1v) is 10.8. The van der Waals surface area contributed by atoms with Crippen LogP contribution in [0.25, 0.3) is 0 Å². The molecular formula is C24H29ClN2O3. The first-order chi connectivity index (χ1) is 14.3. The van der Waals surface area contributed by atoms with Gasteiger partial charge < -0.3 is 15.0 Å². The van der Waals surface area contributed by atoms with Gasteiger partial charge in [0.25, 0.3) is 0 Å². The van der Waals surface area contributed by atoms with Gasteiger partial charge in [0.15, 0.2) is 0 Å². The number of nitrogens with one attached hydrogen (secondary N) is 1. The van der Waals surface area contributed by atoms with E-state index in [0.717, 1.165) is 22.4 Å². The Bertz CT molecular complexity index is 903. The monoisotopic (exact) mass is 428 g/mol. The standard InChI is InChI=1S/C24H29ClN2O3/c1-4-30-22(28)24(16-19-6-8-20(25)9-7-19)11-13-27(14-12-24)23(29)26-21-10-5-17(2)15-18(21)3/h5-10,15H,4,11-14,16H2,1-3H3,(H,26,29). The van der Waals surface area contributed by atoms with Gasteiger partial charge in [-0.3, -0.25) is 4.79 Å². The van der Waals surface area contributed by atoms with Gasteiger partial charge in [0.2, 0.25) is 0 Å². The van der Waals surface area contributed by atoms with Gasteiger partial charge in [-0.1, -0.05) is 41.4 Å². The Morgan fingerprint density at radius 3 is 2.37 bits per heavy atom. The number of carbonyl (C=O) groups excluding carboxylic acids is 2. The maximum Gasteiger partial charge on any atom is 0.321 e. The van der Waals surface area contributed by atoms with E-state index in [1.54, 1.807) is 4.90 Å². The van der Waals surface area contributed by atoms with E-state index < -0.39 is 5.41 Å². The van der Waals surface area contributed by atoms with Gasteiger partial charge in [0.05, 0.1) is 12.0 Å². The Morgan fingerprint density at radius 1 is 1.10 bits per heavy atom. The second-order valence-corrected chi connectivity index (χ2v) is 8.48. The number of anilines is 1. The number of aryl methyl sites for hydroxylation is 2. The van der Waals surface area contributed by atoms with E-state index >= 15 is 0 Å². The van der Waals surface area contributed by atoms with Crippen molar-refractivity contribution < 1.29 is 14.3 Å². The summed E-state index contributed by atoms with van der Waals surface area (Å²) in [6.45, 7) is 7.18. The summed E-state index contributed by atoms with van der Waals surface area (Å²) in [6, 6.07) is 13.4. The second kappa shape index (κ2) is 9.52. The summed E-state index contributed by atoms with van der Waals surface area (Å²) in [7, 11) is 0. The molecule has 1 aliphatic heterocycles. The first kappa shape index (κ1) is 22.2. The highest BCUT2D eigenvalue weighted by Crippen LogP contribution is 2.37. The van der Waals surface area contributed by atoms with Gasteiger partial charge in [0, 0.05) is 23.8 Å². The summed E-state index contributed by atoms with van der Waals surface area (Å²) >= 11 is 6.00. The molecule has 0 aromatic heterocycles. The van der Waals surface area contributed by atoms with Gasteiger partial charge in [-0.15, -0.1) is 0 Å². The predicted molar refractivity (Wildman–Crippen MR) is 120 cm³/mol. The van der Waals surface area contributed by atoms with E-state index in [1.807, 2.05) is 63.2 Å². The number of likely N-dealkylation sites (tertiary alicyclic amines) is 1. The Hall–Kier alpha value is -2.53. The molecule has 5 nitrogen and oxygen atoms in total. The molecule has 0 spiro atoms. The van der Waals surface area contributed by atoms with E-state index in [1.165, 1.54) is 0 Å². The lowest BCUT2D eigenvalue weighted by atomic mass is 9.73. The van der Waals surface area contributed by atoms with Gasteiger partial charge >= 0.3 is 12.0 Å². The molecule has 30 heavy (non-hydrogen) atoms. The number of benzene rings is 2. The van der Waals surface area contributed by atoms with Crippen LogP contribution in [0.1, 0.15) is 36.5 Å². The topological polar surface area (TPSA) is 58.6 Å². The number of hydrogen-bond donors (Lipinski definition) is 1. The molecule has 2 amide bonds. The Labute approximate surface area is 183 Å². The Morgan fingerprint density at radius 2 is 1.77 bits per heavy atom. The number of ether oxygens (including phenoxy) is 1. The first-order valence-electron chi connectivity index (χ1n) is 10.4. The molecule has 0 unspecified atom stereocenters. The maximum atomic E-state index is 12.9. The molecular weight excluding hydrogens is 400 g/mol. The van der Waals surface area contributed by atoms with Gasteiger partial charge in [-0.2, -0.15) is 0 Å². The van der Waals surface area contributed by atoms with Crippen LogP contribution in [-0.4, -0.2) is 36.6 Å². The largest absolute Gasteiger partial charge is 0.466 e. The number of urea groups is 1. The van der Waals surface area contributed by atoms with E-state index in [2.05, 4.69) is 5.32 Å². The lowest BCUT2D eigenvalue weighted by Crippen LogP contribution is -2.49. The minimum atomic E-state index is -0.625. The second-order valence-electron chi connectivity index (χ2n) is 8.04. The third-order valence-electron chi connectivity index (χ3n) is 5.80. The van der Waals surface area contributed by atoms with Crippen molar-refractivity contribution in [2.24, 2.45) is 5.41 Å². The van der Waals surface area contributed by atoms with Gasteiger partial charge in [-0.25, -0.2) is 4.79 Å². The molecule has 1 fully saturated rings. The van der Waals surface area contributed by atoms with E-state index in [9.17, 15) is 9.59 Å². The molecule has 2 aromatic carbocycles. The molecule has 0 saturated carbocycles. The normalized spacial score (nSPS) is 15.5. The van der Waals surface area contributed by atoms with Crippen LogP contribution in [0, 0.1) is 19.3 Å². The molecule has 1 heterocycles. The maximum absolute atomic E-state index is 12.9. The van der Waals surface area contributed by atoms with Crippen molar-refractivity contribution in [3.63, 3.8) is 0 Å². The average Bonchev–Trinajstić information content (AvgIpc) is 2.72. The fourth-order valence-electron chi connectivity index (χ4n) is 4.02. The van der Waals surface area contributed by atoms with Crippen LogP contribution in [0.4, 0.5) is 10.5 Å². The number of rotatable bonds is 5. The molecule has 6 heteroatoms. The zero-order chi connectivity index (χ0) is 21.7. The molecule has 160 valence electrons. The van der Waals surface area contributed by atoms with Crippen molar-refractivity contribution in [1.29, 1.82) is 0 Å².